The molecule has 0 radical (unpaired) electrons. The van der Waals surface area contributed by atoms with Crippen LogP contribution < -0.4 is 5.19 Å². The molecule has 0 heterocycles. The van der Waals surface area contributed by atoms with Gasteiger partial charge in [-0.15, -0.1) is 11.8 Å². The minimum Gasteiger partial charge on any atom is -0.508 e. The van der Waals surface area contributed by atoms with E-state index >= 15 is 0 Å². The van der Waals surface area contributed by atoms with E-state index in [-0.39, 0.29) is 5.41 Å². The minimum atomic E-state index is -1.69. The first kappa shape index (κ1) is 21.1. The van der Waals surface area contributed by atoms with Crippen molar-refractivity contribution in [3.63, 3.8) is 0 Å². The van der Waals surface area contributed by atoms with Gasteiger partial charge in [0.2, 0.25) is 0 Å². The molecule has 0 fully saturated rings. The van der Waals surface area contributed by atoms with Crippen LogP contribution in [0.2, 0.25) is 11.1 Å². The maximum absolute atomic E-state index is 10.3. The van der Waals surface area contributed by atoms with Crippen LogP contribution in [-0.2, 0) is 5.41 Å². The third-order valence-electron chi connectivity index (χ3n) is 5.63. The second kappa shape index (κ2) is 8.22. The molecule has 0 aliphatic rings. The molecule has 1 N–H and O–H groups in total. The molecule has 0 amide bonds. The molecule has 142 valence electrons. The van der Waals surface area contributed by atoms with E-state index in [2.05, 4.69) is 90.9 Å². The lowest BCUT2D eigenvalue weighted by molar-refractivity contribution is 0.446. The van der Waals surface area contributed by atoms with Gasteiger partial charge in [0.05, 0.1) is 0 Å². The van der Waals surface area contributed by atoms with Crippen LogP contribution in [0.25, 0.3) is 0 Å². The second-order valence-corrected chi connectivity index (χ2v) is 15.8. The van der Waals surface area contributed by atoms with Crippen molar-refractivity contribution < 1.29 is 5.11 Å². The van der Waals surface area contributed by atoms with Gasteiger partial charge in [0.1, 0.15) is 13.8 Å². The van der Waals surface area contributed by atoms with E-state index in [1.807, 2.05) is 17.8 Å². The average molecular weight is 387 g/mol. The smallest absolute Gasteiger partial charge is 0.119 e. The monoisotopic (exact) mass is 386 g/mol. The Hall–Kier alpha value is -1.19. The van der Waals surface area contributed by atoms with Crippen molar-refractivity contribution >= 4 is 25.0 Å². The lowest BCUT2D eigenvalue weighted by Gasteiger charge is -2.40. The Bertz CT molecular complexity index is 709. The highest BCUT2D eigenvalue weighted by Crippen LogP contribution is 2.39. The van der Waals surface area contributed by atoms with Crippen LogP contribution in [0.1, 0.15) is 54.0 Å². The molecule has 0 atom stereocenters. The summed E-state index contributed by atoms with van der Waals surface area (Å²) in [4.78, 5) is 1.27. The van der Waals surface area contributed by atoms with E-state index in [9.17, 15) is 5.11 Å². The van der Waals surface area contributed by atoms with Crippen LogP contribution in [0, 0.1) is 0 Å². The molecule has 2 aromatic rings. The number of phenolic OH excluding ortho intramolecular Hbond substituents is 1. The van der Waals surface area contributed by atoms with Crippen LogP contribution in [-0.4, -0.2) is 18.6 Å². The van der Waals surface area contributed by atoms with Gasteiger partial charge in [0.25, 0.3) is 0 Å². The molecule has 0 bridgehead atoms. The number of hydrogen-bond donors (Lipinski definition) is 1. The lowest BCUT2D eigenvalue weighted by atomic mass is 9.86. The highest BCUT2D eigenvalue weighted by atomic mass is 32.2. The van der Waals surface area contributed by atoms with Gasteiger partial charge in [-0.2, -0.15) is 0 Å². The Labute approximate surface area is 165 Å². The van der Waals surface area contributed by atoms with Gasteiger partial charge in [-0.3, -0.25) is 0 Å². The fourth-order valence-electron chi connectivity index (χ4n) is 3.91. The minimum absolute atomic E-state index is 0.0509. The number of benzene rings is 2. The maximum atomic E-state index is 10.3. The van der Waals surface area contributed by atoms with Crippen molar-refractivity contribution in [2.24, 2.45) is 0 Å². The molecule has 0 saturated heterocycles. The summed E-state index contributed by atoms with van der Waals surface area (Å²) >= 11 is 1.97. The highest BCUT2D eigenvalue weighted by molar-refractivity contribution is 8.01. The number of phenols is 1. The molecule has 0 aliphatic heterocycles. The van der Waals surface area contributed by atoms with Gasteiger partial charge >= 0.3 is 0 Å². The van der Waals surface area contributed by atoms with E-state index in [4.69, 9.17) is 0 Å². The third-order valence-corrected chi connectivity index (χ3v) is 14.2. The van der Waals surface area contributed by atoms with Crippen LogP contribution in [0.15, 0.2) is 53.4 Å². The molecule has 3 heteroatoms. The largest absolute Gasteiger partial charge is 0.508 e. The maximum Gasteiger partial charge on any atom is 0.119 e. The van der Waals surface area contributed by atoms with Crippen molar-refractivity contribution in [2.75, 3.05) is 5.38 Å². The van der Waals surface area contributed by atoms with E-state index in [0.717, 1.165) is 5.56 Å². The highest BCUT2D eigenvalue weighted by Gasteiger charge is 2.41. The Morgan fingerprint density at radius 3 is 2.00 bits per heavy atom. The molecule has 2 rings (SSSR count). The number of thioether (sulfide) groups is 1. The Morgan fingerprint density at radius 1 is 0.923 bits per heavy atom. The molecular formula is C23H34OSSi. The zero-order chi connectivity index (χ0) is 19.5. The normalized spacial score (nSPS) is 12.8. The van der Waals surface area contributed by atoms with Crippen LogP contribution in [0.3, 0.4) is 0 Å². The van der Waals surface area contributed by atoms with Crippen LogP contribution in [0.5, 0.6) is 5.75 Å². The molecule has 0 aliphatic carbocycles. The zero-order valence-corrected chi connectivity index (χ0v) is 19.2. The van der Waals surface area contributed by atoms with Crippen LogP contribution >= 0.6 is 11.8 Å². The summed E-state index contributed by atoms with van der Waals surface area (Å²) in [5.41, 5.74) is 2.34. The molecule has 1 nitrogen and oxygen atoms in total. The molecular weight excluding hydrogens is 352 g/mol. The third kappa shape index (κ3) is 4.37. The first-order valence-corrected chi connectivity index (χ1v) is 13.0. The standard InChI is InChI=1S/C23H34OSSi/c1-17(2)26(18(3)4,20-11-9-8-10-12-20)16-25-19-13-14-22(24)21(15-19)23(5,6)7/h8-15,17-18,24H,16H2,1-7H3. The second-order valence-electron chi connectivity index (χ2n) is 8.93. The van der Waals surface area contributed by atoms with E-state index < -0.39 is 8.07 Å². The number of rotatable bonds is 6. The van der Waals surface area contributed by atoms with Gasteiger partial charge in [0.15, 0.2) is 0 Å². The lowest BCUT2D eigenvalue weighted by Crippen LogP contribution is -2.55. The summed E-state index contributed by atoms with van der Waals surface area (Å²) in [5.74, 6) is 0.404. The predicted octanol–water partition coefficient (Wildman–Crippen LogP) is 6.50. The summed E-state index contributed by atoms with van der Waals surface area (Å²) in [5, 5.41) is 13.0. The molecule has 0 aromatic heterocycles. The van der Waals surface area contributed by atoms with Crippen molar-refractivity contribution in [3.05, 3.63) is 54.1 Å². The molecule has 2 aromatic carbocycles. The van der Waals surface area contributed by atoms with Crippen LogP contribution in [0.4, 0.5) is 0 Å². The topological polar surface area (TPSA) is 20.2 Å². The van der Waals surface area contributed by atoms with Crippen molar-refractivity contribution in [3.8, 4) is 5.75 Å². The summed E-state index contributed by atoms with van der Waals surface area (Å²) < 4.78 is 0. The fourth-order valence-corrected chi connectivity index (χ4v) is 12.7. The summed E-state index contributed by atoms with van der Waals surface area (Å²) in [6, 6.07) is 17.3. The molecule has 0 spiro atoms. The Kier molecular flexibility index (Phi) is 6.68. The Morgan fingerprint density at radius 2 is 1.50 bits per heavy atom. The molecule has 26 heavy (non-hydrogen) atoms. The van der Waals surface area contributed by atoms with E-state index in [1.165, 1.54) is 10.3 Å². The zero-order valence-electron chi connectivity index (χ0n) is 17.3. The molecule has 0 unspecified atom stereocenters. The van der Waals surface area contributed by atoms with E-state index in [0.29, 0.717) is 16.8 Å². The van der Waals surface area contributed by atoms with Gasteiger partial charge in [-0.05, 0) is 40.1 Å². The average Bonchev–Trinajstić information content (AvgIpc) is 2.56. The number of aromatic hydroxyl groups is 1. The summed E-state index contributed by atoms with van der Waals surface area (Å²) in [7, 11) is -1.69. The first-order chi connectivity index (χ1) is 12.1. The quantitative estimate of drug-likeness (QED) is 0.452. The Balaban J connectivity index is 2.37. The van der Waals surface area contributed by atoms with Gasteiger partial charge < -0.3 is 5.11 Å². The molecule has 0 saturated carbocycles. The number of hydrogen-bond acceptors (Lipinski definition) is 2. The van der Waals surface area contributed by atoms with Crippen molar-refractivity contribution in [1.82, 2.24) is 0 Å². The first-order valence-electron chi connectivity index (χ1n) is 9.61. The van der Waals surface area contributed by atoms with Gasteiger partial charge in [0, 0.05) is 10.5 Å². The van der Waals surface area contributed by atoms with Crippen molar-refractivity contribution in [1.29, 1.82) is 0 Å². The summed E-state index contributed by atoms with van der Waals surface area (Å²) in [6.45, 7) is 16.1. The van der Waals surface area contributed by atoms with Gasteiger partial charge in [-0.1, -0.05) is 84.0 Å². The van der Waals surface area contributed by atoms with Gasteiger partial charge in [-0.25, -0.2) is 0 Å². The predicted molar refractivity (Wildman–Crippen MR) is 120 cm³/mol. The fraction of sp³-hybridized carbons (Fsp3) is 0.478. The summed E-state index contributed by atoms with van der Waals surface area (Å²) in [6.07, 6.45) is 0. The van der Waals surface area contributed by atoms with E-state index in [1.54, 1.807) is 5.19 Å². The SMILES string of the molecule is CC(C)[Si](CSc1ccc(O)c(C(C)(C)C)c1)(c1ccccc1)C(C)C. The van der Waals surface area contributed by atoms with Crippen molar-refractivity contribution in [2.45, 2.75) is 69.9 Å².